The topological polar surface area (TPSA) is 70.6 Å². The van der Waals surface area contributed by atoms with E-state index in [1.165, 1.54) is 5.56 Å². The van der Waals surface area contributed by atoms with E-state index in [0.29, 0.717) is 24.3 Å². The average Bonchev–Trinajstić information content (AvgIpc) is 3.17. The molecule has 0 bridgehead atoms. The van der Waals surface area contributed by atoms with Gasteiger partial charge in [0.1, 0.15) is 0 Å². The van der Waals surface area contributed by atoms with Crippen molar-refractivity contribution in [1.29, 1.82) is 0 Å². The highest BCUT2D eigenvalue weighted by Crippen LogP contribution is 2.24. The summed E-state index contributed by atoms with van der Waals surface area (Å²) in [5, 5.41) is 3.11. The van der Waals surface area contributed by atoms with Crippen LogP contribution in [-0.4, -0.2) is 53.6 Å². The molecule has 142 valence electrons. The highest BCUT2D eigenvalue weighted by Gasteiger charge is 2.21. The monoisotopic (exact) mass is 486 g/mol. The third-order valence-electron chi connectivity index (χ3n) is 4.66. The fourth-order valence-electron chi connectivity index (χ4n) is 3.09. The van der Waals surface area contributed by atoms with E-state index in [9.17, 15) is 0 Å². The Hall–Kier alpha value is -1.42. The molecule has 2 aromatic heterocycles. The van der Waals surface area contributed by atoms with E-state index >= 15 is 0 Å². The minimum atomic E-state index is 0. The lowest BCUT2D eigenvalue weighted by Gasteiger charge is -2.35. The van der Waals surface area contributed by atoms with Gasteiger partial charge in [-0.15, -0.1) is 35.3 Å². The van der Waals surface area contributed by atoms with E-state index in [4.69, 9.17) is 10.7 Å². The van der Waals surface area contributed by atoms with Crippen molar-refractivity contribution in [3.05, 3.63) is 41.7 Å². The van der Waals surface area contributed by atoms with Gasteiger partial charge in [0.25, 0.3) is 0 Å². The van der Waals surface area contributed by atoms with Gasteiger partial charge in [-0.1, -0.05) is 19.9 Å². The summed E-state index contributed by atoms with van der Waals surface area (Å²) in [7, 11) is 0. The Kier molecular flexibility index (Phi) is 8.08. The van der Waals surface area contributed by atoms with Gasteiger partial charge in [0.2, 0.25) is 0 Å². The predicted molar refractivity (Wildman–Crippen MR) is 120 cm³/mol. The van der Waals surface area contributed by atoms with Crippen LogP contribution in [0, 0.1) is 5.92 Å². The van der Waals surface area contributed by atoms with Crippen molar-refractivity contribution in [2.75, 3.05) is 37.6 Å². The van der Waals surface area contributed by atoms with Gasteiger partial charge in [0.05, 0.1) is 0 Å². The summed E-state index contributed by atoms with van der Waals surface area (Å²) < 4.78 is 0. The molecule has 1 atom stereocenters. The van der Waals surface area contributed by atoms with Crippen molar-refractivity contribution in [1.82, 2.24) is 14.9 Å². The minimum absolute atomic E-state index is 0. The maximum Gasteiger partial charge on any atom is 0.191 e. The van der Waals surface area contributed by atoms with Gasteiger partial charge < -0.3 is 15.5 Å². The summed E-state index contributed by atoms with van der Waals surface area (Å²) in [6.07, 6.45) is 5.59. The van der Waals surface area contributed by atoms with Crippen molar-refractivity contribution < 1.29 is 0 Å². The van der Waals surface area contributed by atoms with Crippen LogP contribution in [0.1, 0.15) is 25.3 Å². The third kappa shape index (κ3) is 5.29. The first kappa shape index (κ1) is 20.9. The predicted octanol–water partition coefficient (Wildman–Crippen LogP) is 3.03. The fourth-order valence-corrected chi connectivity index (χ4v) is 3.78. The number of guanidine groups is 1. The second-order valence-corrected chi connectivity index (χ2v) is 7.50. The van der Waals surface area contributed by atoms with Gasteiger partial charge in [0.15, 0.2) is 11.1 Å². The molecule has 1 unspecified atom stereocenters. The summed E-state index contributed by atoms with van der Waals surface area (Å²) in [6.45, 7) is 8.76. The molecule has 0 aliphatic carbocycles. The number of aliphatic imine (C=N–C) groups is 1. The minimum Gasteiger partial charge on any atom is -0.370 e. The maximum absolute atomic E-state index is 6.27. The SMILES string of the molecule is CC(C)C(CN=C(N)N1CCN(c2nccs2)CC1)c1cccnc1.I. The highest BCUT2D eigenvalue weighted by molar-refractivity contribution is 14.0. The van der Waals surface area contributed by atoms with Crippen LogP contribution in [0.4, 0.5) is 5.13 Å². The Morgan fingerprint density at radius 1 is 1.27 bits per heavy atom. The van der Waals surface area contributed by atoms with Crippen LogP contribution < -0.4 is 10.6 Å². The largest absolute Gasteiger partial charge is 0.370 e. The van der Waals surface area contributed by atoms with Gasteiger partial charge in [-0.05, 0) is 17.5 Å². The zero-order valence-electron chi connectivity index (χ0n) is 15.3. The number of rotatable bonds is 5. The lowest BCUT2D eigenvalue weighted by atomic mass is 9.89. The number of thiazole rings is 1. The third-order valence-corrected chi connectivity index (χ3v) is 5.49. The Balaban J connectivity index is 0.00000243. The molecule has 6 nitrogen and oxygen atoms in total. The van der Waals surface area contributed by atoms with Gasteiger partial charge in [-0.2, -0.15) is 0 Å². The van der Waals surface area contributed by atoms with E-state index < -0.39 is 0 Å². The molecule has 0 aromatic carbocycles. The molecular weight excluding hydrogens is 459 g/mol. The van der Waals surface area contributed by atoms with E-state index in [0.717, 1.165) is 31.3 Å². The van der Waals surface area contributed by atoms with Crippen molar-refractivity contribution in [3.63, 3.8) is 0 Å². The molecule has 2 aromatic rings. The molecule has 8 heteroatoms. The van der Waals surface area contributed by atoms with Crippen LogP contribution in [-0.2, 0) is 0 Å². The molecule has 0 spiro atoms. The van der Waals surface area contributed by atoms with E-state index in [1.807, 2.05) is 23.8 Å². The summed E-state index contributed by atoms with van der Waals surface area (Å²) in [5.41, 5.74) is 7.49. The Labute approximate surface area is 176 Å². The summed E-state index contributed by atoms with van der Waals surface area (Å²) in [6, 6.07) is 4.10. The standard InChI is InChI=1S/C18H26N6S.HI/c1-14(2)16(15-4-3-5-20-12-15)13-22-17(19)23-7-9-24(10-8-23)18-21-6-11-25-18;/h3-6,11-12,14,16H,7-10,13H2,1-2H3,(H2,19,22);1H. The van der Waals surface area contributed by atoms with E-state index in [-0.39, 0.29) is 24.0 Å². The second-order valence-electron chi connectivity index (χ2n) is 6.62. The molecular formula is C18H27IN6S. The molecule has 1 aliphatic heterocycles. The molecule has 0 saturated carbocycles. The molecule has 2 N–H and O–H groups in total. The van der Waals surface area contributed by atoms with Gasteiger partial charge >= 0.3 is 0 Å². The first-order chi connectivity index (χ1) is 12.1. The smallest absolute Gasteiger partial charge is 0.191 e. The molecule has 3 heterocycles. The molecule has 3 rings (SSSR count). The van der Waals surface area contributed by atoms with Gasteiger partial charge in [-0.25, -0.2) is 4.98 Å². The Bertz CT molecular complexity index is 668. The first-order valence-corrected chi connectivity index (χ1v) is 9.62. The number of pyridine rings is 1. The zero-order valence-corrected chi connectivity index (χ0v) is 18.4. The van der Waals surface area contributed by atoms with Crippen LogP contribution in [0.5, 0.6) is 0 Å². The van der Waals surface area contributed by atoms with Crippen LogP contribution >= 0.6 is 35.3 Å². The van der Waals surface area contributed by atoms with Crippen molar-refractivity contribution >= 4 is 46.4 Å². The van der Waals surface area contributed by atoms with Gasteiger partial charge in [0, 0.05) is 62.6 Å². The van der Waals surface area contributed by atoms with Crippen LogP contribution in [0.25, 0.3) is 0 Å². The van der Waals surface area contributed by atoms with Crippen molar-refractivity contribution in [2.45, 2.75) is 19.8 Å². The normalized spacial score (nSPS) is 16.5. The number of anilines is 1. The Morgan fingerprint density at radius 3 is 2.62 bits per heavy atom. The maximum atomic E-state index is 6.27. The fraction of sp³-hybridized carbons (Fsp3) is 0.500. The van der Waals surface area contributed by atoms with Crippen molar-refractivity contribution in [2.24, 2.45) is 16.6 Å². The molecule has 1 saturated heterocycles. The van der Waals surface area contributed by atoms with Crippen LogP contribution in [0.2, 0.25) is 0 Å². The number of aromatic nitrogens is 2. The quantitative estimate of drug-likeness (QED) is 0.400. The summed E-state index contributed by atoms with van der Waals surface area (Å²) in [4.78, 5) is 17.8. The summed E-state index contributed by atoms with van der Waals surface area (Å²) in [5.74, 6) is 1.47. The number of hydrogen-bond donors (Lipinski definition) is 1. The van der Waals surface area contributed by atoms with Crippen LogP contribution in [0.15, 0.2) is 41.1 Å². The first-order valence-electron chi connectivity index (χ1n) is 8.74. The number of piperazine rings is 1. The van der Waals surface area contributed by atoms with Crippen molar-refractivity contribution in [3.8, 4) is 0 Å². The second kappa shape index (κ2) is 10.1. The number of nitrogens with zero attached hydrogens (tertiary/aromatic N) is 5. The summed E-state index contributed by atoms with van der Waals surface area (Å²) >= 11 is 1.68. The number of hydrogen-bond acceptors (Lipinski definition) is 5. The average molecular weight is 486 g/mol. The molecule has 1 aliphatic rings. The molecule has 1 fully saturated rings. The van der Waals surface area contributed by atoms with Crippen LogP contribution in [0.3, 0.4) is 0 Å². The molecule has 26 heavy (non-hydrogen) atoms. The van der Waals surface area contributed by atoms with Gasteiger partial charge in [-0.3, -0.25) is 9.98 Å². The molecule has 0 amide bonds. The highest BCUT2D eigenvalue weighted by atomic mass is 127. The zero-order chi connectivity index (χ0) is 17.6. The number of nitrogens with two attached hydrogens (primary N) is 1. The lowest BCUT2D eigenvalue weighted by molar-refractivity contribution is 0.379. The van der Waals surface area contributed by atoms with E-state index in [2.05, 4.69) is 39.7 Å². The van der Waals surface area contributed by atoms with E-state index in [1.54, 1.807) is 17.5 Å². The number of halogens is 1. The Morgan fingerprint density at radius 2 is 2.04 bits per heavy atom. The lowest BCUT2D eigenvalue weighted by Crippen LogP contribution is -2.51. The molecule has 0 radical (unpaired) electrons.